The van der Waals surface area contributed by atoms with Crippen LogP contribution in [0.25, 0.3) is 11.1 Å². The fourth-order valence-electron chi connectivity index (χ4n) is 3.08. The number of carboxylic acid groups (broad SMARTS) is 1. The number of aromatic carboxylic acids is 1. The Bertz CT molecular complexity index is 1130. The number of thioether (sulfide) groups is 1. The summed E-state index contributed by atoms with van der Waals surface area (Å²) in [5.41, 5.74) is 2.93. The Morgan fingerprint density at radius 3 is 2.53 bits per heavy atom. The number of para-hydroxylation sites is 2. The lowest BCUT2D eigenvalue weighted by atomic mass is 10.2. The minimum Gasteiger partial charge on any atom is -0.478 e. The van der Waals surface area contributed by atoms with Crippen LogP contribution in [-0.2, 0) is 6.54 Å². The summed E-state index contributed by atoms with van der Waals surface area (Å²) in [4.78, 5) is 18.9. The predicted molar refractivity (Wildman–Crippen MR) is 121 cm³/mol. The van der Waals surface area contributed by atoms with Crippen LogP contribution in [-0.4, -0.2) is 28.4 Å². The first-order valence-corrected chi connectivity index (χ1v) is 10.8. The van der Waals surface area contributed by atoms with Gasteiger partial charge in [-0.2, -0.15) is 4.98 Å². The van der Waals surface area contributed by atoms with Gasteiger partial charge in [0.2, 0.25) is 0 Å². The Balaban J connectivity index is 1.54. The van der Waals surface area contributed by atoms with E-state index in [1.807, 2.05) is 60.7 Å². The number of carboxylic acids is 1. The molecule has 3 aromatic carbocycles. The Labute approximate surface area is 183 Å². The van der Waals surface area contributed by atoms with Crippen LogP contribution in [0.4, 0.5) is 6.01 Å². The zero-order valence-electron chi connectivity index (χ0n) is 16.0. The van der Waals surface area contributed by atoms with Crippen LogP contribution < -0.4 is 4.90 Å². The largest absolute Gasteiger partial charge is 0.478 e. The van der Waals surface area contributed by atoms with E-state index in [2.05, 4.69) is 9.88 Å². The van der Waals surface area contributed by atoms with Crippen LogP contribution in [0.15, 0.2) is 82.1 Å². The van der Waals surface area contributed by atoms with Gasteiger partial charge >= 0.3 is 5.97 Å². The Morgan fingerprint density at radius 2 is 1.77 bits per heavy atom. The lowest BCUT2D eigenvalue weighted by Gasteiger charge is -2.20. The van der Waals surface area contributed by atoms with Gasteiger partial charge in [-0.3, -0.25) is 0 Å². The molecular weight excluding hydrogens is 420 g/mol. The van der Waals surface area contributed by atoms with Crippen molar-refractivity contribution in [3.63, 3.8) is 0 Å². The maximum atomic E-state index is 11.4. The molecule has 0 unspecified atom stereocenters. The molecule has 0 radical (unpaired) electrons. The molecule has 1 N–H and O–H groups in total. The number of fused-ring (bicyclic) bond motifs is 1. The number of benzene rings is 3. The summed E-state index contributed by atoms with van der Waals surface area (Å²) in [6.07, 6.45) is 0. The van der Waals surface area contributed by atoms with Gasteiger partial charge in [0.1, 0.15) is 5.52 Å². The quantitative estimate of drug-likeness (QED) is 0.341. The highest BCUT2D eigenvalue weighted by Gasteiger charge is 2.16. The van der Waals surface area contributed by atoms with E-state index in [0.29, 0.717) is 35.4 Å². The number of carbonyl (C=O) groups is 1. The SMILES string of the molecule is O=C(O)c1ccccc1SCCN(Cc1ccc(Cl)cc1)c1nc2ccccc2o1. The molecule has 0 atom stereocenters. The van der Waals surface area contributed by atoms with Crippen molar-refractivity contribution in [3.8, 4) is 0 Å². The minimum atomic E-state index is -0.921. The summed E-state index contributed by atoms with van der Waals surface area (Å²) < 4.78 is 5.98. The summed E-state index contributed by atoms with van der Waals surface area (Å²) in [6, 6.07) is 22.9. The highest BCUT2D eigenvalue weighted by molar-refractivity contribution is 7.99. The predicted octanol–water partition coefficient (Wildman–Crippen LogP) is 5.98. The molecule has 1 aromatic heterocycles. The second-order valence-corrected chi connectivity index (χ2v) is 8.24. The zero-order valence-corrected chi connectivity index (χ0v) is 17.6. The zero-order chi connectivity index (χ0) is 20.9. The number of halogens is 1. The molecule has 0 spiro atoms. The summed E-state index contributed by atoms with van der Waals surface area (Å²) in [5, 5.41) is 10.1. The number of hydrogen-bond donors (Lipinski definition) is 1. The maximum Gasteiger partial charge on any atom is 0.336 e. The Kier molecular flexibility index (Phi) is 6.26. The minimum absolute atomic E-state index is 0.314. The molecule has 152 valence electrons. The van der Waals surface area contributed by atoms with Crippen molar-refractivity contribution < 1.29 is 14.3 Å². The molecule has 0 aliphatic heterocycles. The van der Waals surface area contributed by atoms with Gasteiger partial charge in [0.15, 0.2) is 5.58 Å². The van der Waals surface area contributed by atoms with E-state index < -0.39 is 5.97 Å². The fraction of sp³-hybridized carbons (Fsp3) is 0.130. The third-order valence-electron chi connectivity index (χ3n) is 4.58. The van der Waals surface area contributed by atoms with Crippen LogP contribution in [0, 0.1) is 0 Å². The third kappa shape index (κ3) is 4.78. The van der Waals surface area contributed by atoms with Gasteiger partial charge in [-0.25, -0.2) is 4.79 Å². The van der Waals surface area contributed by atoms with Crippen molar-refractivity contribution in [2.75, 3.05) is 17.2 Å². The standard InChI is InChI=1S/C23H19ClN2O3S/c24-17-11-9-16(10-12-17)15-26(23-25-19-6-2-3-7-20(19)29-23)13-14-30-21-8-4-1-5-18(21)22(27)28/h1-12H,13-15H2,(H,27,28). The first-order chi connectivity index (χ1) is 14.6. The van der Waals surface area contributed by atoms with Crippen molar-refractivity contribution in [2.24, 2.45) is 0 Å². The van der Waals surface area contributed by atoms with Gasteiger partial charge in [-0.05, 0) is 42.0 Å². The van der Waals surface area contributed by atoms with Gasteiger partial charge in [0, 0.05) is 28.8 Å². The monoisotopic (exact) mass is 438 g/mol. The molecule has 0 saturated heterocycles. The van der Waals surface area contributed by atoms with Crippen LogP contribution in [0.1, 0.15) is 15.9 Å². The number of aromatic nitrogens is 1. The van der Waals surface area contributed by atoms with Gasteiger partial charge in [0.05, 0.1) is 5.56 Å². The van der Waals surface area contributed by atoms with Crippen molar-refractivity contribution in [1.29, 1.82) is 0 Å². The van der Waals surface area contributed by atoms with Gasteiger partial charge in [-0.15, -0.1) is 11.8 Å². The Hall–Kier alpha value is -2.96. The smallest absolute Gasteiger partial charge is 0.336 e. The molecule has 0 bridgehead atoms. The highest BCUT2D eigenvalue weighted by atomic mass is 35.5. The number of nitrogens with zero attached hydrogens (tertiary/aromatic N) is 2. The van der Waals surface area contributed by atoms with E-state index in [9.17, 15) is 9.90 Å². The molecule has 4 rings (SSSR count). The van der Waals surface area contributed by atoms with Crippen molar-refractivity contribution in [2.45, 2.75) is 11.4 Å². The molecule has 0 aliphatic rings. The second kappa shape index (κ2) is 9.24. The Morgan fingerprint density at radius 1 is 1.03 bits per heavy atom. The van der Waals surface area contributed by atoms with Gasteiger partial charge < -0.3 is 14.4 Å². The van der Waals surface area contributed by atoms with Crippen molar-refractivity contribution >= 4 is 46.4 Å². The first-order valence-electron chi connectivity index (χ1n) is 9.40. The van der Waals surface area contributed by atoms with Gasteiger partial charge in [-0.1, -0.05) is 48.0 Å². The summed E-state index contributed by atoms with van der Waals surface area (Å²) in [7, 11) is 0. The number of oxazole rings is 1. The maximum absolute atomic E-state index is 11.4. The molecular formula is C23H19ClN2O3S. The molecule has 0 fully saturated rings. The van der Waals surface area contributed by atoms with E-state index in [1.165, 1.54) is 11.8 Å². The van der Waals surface area contributed by atoms with Crippen LogP contribution in [0.5, 0.6) is 0 Å². The molecule has 0 saturated carbocycles. The average Bonchev–Trinajstić information content (AvgIpc) is 3.19. The average molecular weight is 439 g/mol. The van der Waals surface area contributed by atoms with E-state index >= 15 is 0 Å². The molecule has 5 nitrogen and oxygen atoms in total. The fourth-order valence-corrected chi connectivity index (χ4v) is 4.23. The molecule has 0 amide bonds. The first kappa shape index (κ1) is 20.3. The lowest BCUT2D eigenvalue weighted by molar-refractivity contribution is 0.0693. The summed E-state index contributed by atoms with van der Waals surface area (Å²) in [5.74, 6) is -0.244. The van der Waals surface area contributed by atoms with E-state index in [0.717, 1.165) is 21.6 Å². The summed E-state index contributed by atoms with van der Waals surface area (Å²) in [6.45, 7) is 1.24. The summed E-state index contributed by atoms with van der Waals surface area (Å²) >= 11 is 7.52. The third-order valence-corrected chi connectivity index (χ3v) is 5.88. The van der Waals surface area contributed by atoms with Crippen LogP contribution >= 0.6 is 23.4 Å². The van der Waals surface area contributed by atoms with E-state index in [1.54, 1.807) is 12.1 Å². The number of rotatable bonds is 8. The molecule has 1 heterocycles. The number of hydrogen-bond acceptors (Lipinski definition) is 5. The van der Waals surface area contributed by atoms with E-state index in [-0.39, 0.29) is 0 Å². The van der Waals surface area contributed by atoms with Crippen LogP contribution in [0.3, 0.4) is 0 Å². The molecule has 0 aliphatic carbocycles. The number of anilines is 1. The lowest BCUT2D eigenvalue weighted by Crippen LogP contribution is -2.25. The molecule has 30 heavy (non-hydrogen) atoms. The van der Waals surface area contributed by atoms with Crippen molar-refractivity contribution in [1.82, 2.24) is 4.98 Å². The second-order valence-electron chi connectivity index (χ2n) is 6.66. The van der Waals surface area contributed by atoms with Crippen LogP contribution in [0.2, 0.25) is 5.02 Å². The van der Waals surface area contributed by atoms with Crippen molar-refractivity contribution in [3.05, 3.63) is 88.9 Å². The molecule has 7 heteroatoms. The normalized spacial score (nSPS) is 11.0. The topological polar surface area (TPSA) is 66.6 Å². The van der Waals surface area contributed by atoms with E-state index in [4.69, 9.17) is 16.0 Å². The van der Waals surface area contributed by atoms with Gasteiger partial charge in [0.25, 0.3) is 6.01 Å². The molecule has 4 aromatic rings. The highest BCUT2D eigenvalue weighted by Crippen LogP contribution is 2.26.